The standard InChI is InChI=1S/C23H32FN5O/c1-17-15-26-10-6-19(17)7-11-27-23(25-2)28-20-8-12-29(13-9-20)16-18-4-5-22(30-3)21(24)14-18/h4-6,10,14-15,20H,7-9,11-13,16H2,1-3H3,(H2,25,27,28). The third-order valence-corrected chi connectivity index (χ3v) is 5.60. The van der Waals surface area contributed by atoms with Gasteiger partial charge in [-0.25, -0.2) is 4.39 Å². The first kappa shape index (κ1) is 22.0. The number of hydrogen-bond donors (Lipinski definition) is 2. The summed E-state index contributed by atoms with van der Waals surface area (Å²) in [6, 6.07) is 7.66. The number of aliphatic imine (C=N–C) groups is 1. The molecule has 6 nitrogen and oxygen atoms in total. The van der Waals surface area contributed by atoms with Gasteiger partial charge in [0.1, 0.15) is 0 Å². The lowest BCUT2D eigenvalue weighted by Crippen LogP contribution is -2.48. The van der Waals surface area contributed by atoms with E-state index in [1.165, 1.54) is 18.2 Å². The first-order valence-corrected chi connectivity index (χ1v) is 10.5. The predicted octanol–water partition coefficient (Wildman–Crippen LogP) is 2.91. The minimum absolute atomic E-state index is 0.291. The number of aryl methyl sites for hydroxylation is 1. The number of halogens is 1. The summed E-state index contributed by atoms with van der Waals surface area (Å²) in [7, 11) is 3.29. The molecule has 1 aromatic heterocycles. The van der Waals surface area contributed by atoms with Crippen LogP contribution in [0.2, 0.25) is 0 Å². The molecular weight excluding hydrogens is 381 g/mol. The molecule has 1 aliphatic rings. The van der Waals surface area contributed by atoms with Crippen molar-refractivity contribution in [2.24, 2.45) is 4.99 Å². The fraction of sp³-hybridized carbons (Fsp3) is 0.478. The average molecular weight is 414 g/mol. The first-order chi connectivity index (χ1) is 14.6. The lowest BCUT2D eigenvalue weighted by Gasteiger charge is -2.33. The Hall–Kier alpha value is -2.67. The van der Waals surface area contributed by atoms with E-state index >= 15 is 0 Å². The minimum Gasteiger partial charge on any atom is -0.494 e. The van der Waals surface area contributed by atoms with Gasteiger partial charge in [0.05, 0.1) is 7.11 Å². The molecule has 162 valence electrons. The van der Waals surface area contributed by atoms with E-state index in [-0.39, 0.29) is 5.82 Å². The van der Waals surface area contributed by atoms with Gasteiger partial charge in [-0.2, -0.15) is 0 Å². The Morgan fingerprint density at radius 3 is 2.77 bits per heavy atom. The molecule has 3 rings (SSSR count). The average Bonchev–Trinajstić information content (AvgIpc) is 2.76. The van der Waals surface area contributed by atoms with E-state index in [4.69, 9.17) is 4.74 Å². The molecule has 0 radical (unpaired) electrons. The summed E-state index contributed by atoms with van der Waals surface area (Å²) in [5, 5.41) is 6.95. The van der Waals surface area contributed by atoms with E-state index in [1.807, 2.05) is 18.5 Å². The lowest BCUT2D eigenvalue weighted by molar-refractivity contribution is 0.198. The van der Waals surface area contributed by atoms with Crippen molar-refractivity contribution in [2.75, 3.05) is 33.8 Å². The molecule has 2 N–H and O–H groups in total. The first-order valence-electron chi connectivity index (χ1n) is 10.5. The number of pyridine rings is 1. The molecule has 1 aromatic carbocycles. The second-order valence-corrected chi connectivity index (χ2v) is 7.71. The number of nitrogens with one attached hydrogen (secondary N) is 2. The molecule has 1 saturated heterocycles. The van der Waals surface area contributed by atoms with Gasteiger partial charge >= 0.3 is 0 Å². The van der Waals surface area contributed by atoms with Crippen LogP contribution in [0.1, 0.15) is 29.5 Å². The van der Waals surface area contributed by atoms with E-state index in [0.29, 0.717) is 11.8 Å². The van der Waals surface area contributed by atoms with Crippen LogP contribution < -0.4 is 15.4 Å². The SMILES string of the molecule is CN=C(NCCc1ccncc1C)NC1CCN(Cc2ccc(OC)c(F)c2)CC1. The molecule has 0 aliphatic carbocycles. The molecule has 2 heterocycles. The predicted molar refractivity (Wildman–Crippen MR) is 118 cm³/mol. The van der Waals surface area contributed by atoms with Crippen molar-refractivity contribution in [3.8, 4) is 5.75 Å². The highest BCUT2D eigenvalue weighted by Crippen LogP contribution is 2.20. The highest BCUT2D eigenvalue weighted by molar-refractivity contribution is 5.79. The molecule has 0 saturated carbocycles. The molecule has 0 amide bonds. The fourth-order valence-corrected chi connectivity index (χ4v) is 3.79. The number of aromatic nitrogens is 1. The Labute approximate surface area is 178 Å². The van der Waals surface area contributed by atoms with Gasteiger partial charge in [0.15, 0.2) is 17.5 Å². The number of rotatable bonds is 7. The van der Waals surface area contributed by atoms with Gasteiger partial charge in [-0.15, -0.1) is 0 Å². The molecule has 0 spiro atoms. The largest absolute Gasteiger partial charge is 0.494 e. The minimum atomic E-state index is -0.302. The van der Waals surface area contributed by atoms with E-state index in [2.05, 4.69) is 38.5 Å². The maximum absolute atomic E-state index is 13.9. The van der Waals surface area contributed by atoms with Crippen molar-refractivity contribution in [3.63, 3.8) is 0 Å². The van der Waals surface area contributed by atoms with E-state index in [0.717, 1.165) is 57.0 Å². The second kappa shape index (κ2) is 10.9. The number of benzene rings is 1. The summed E-state index contributed by atoms with van der Waals surface area (Å²) in [5.41, 5.74) is 3.49. The van der Waals surface area contributed by atoms with E-state index in [1.54, 1.807) is 19.2 Å². The molecule has 2 aromatic rings. The Balaban J connectivity index is 1.41. The zero-order valence-corrected chi connectivity index (χ0v) is 18.1. The van der Waals surface area contributed by atoms with Gasteiger partial charge in [0.25, 0.3) is 0 Å². The van der Waals surface area contributed by atoms with Gasteiger partial charge in [0.2, 0.25) is 0 Å². The molecule has 1 aliphatic heterocycles. The molecule has 0 unspecified atom stereocenters. The number of guanidine groups is 1. The van der Waals surface area contributed by atoms with Crippen LogP contribution in [0.5, 0.6) is 5.75 Å². The third kappa shape index (κ3) is 6.16. The molecule has 7 heteroatoms. The van der Waals surface area contributed by atoms with Crippen LogP contribution in [0.3, 0.4) is 0 Å². The molecule has 30 heavy (non-hydrogen) atoms. The quantitative estimate of drug-likeness (QED) is 0.540. The number of ether oxygens (including phenoxy) is 1. The third-order valence-electron chi connectivity index (χ3n) is 5.60. The van der Waals surface area contributed by atoms with Crippen LogP contribution in [0.4, 0.5) is 4.39 Å². The Bertz CT molecular complexity index is 849. The van der Waals surface area contributed by atoms with E-state index < -0.39 is 0 Å². The Morgan fingerprint density at radius 2 is 2.10 bits per heavy atom. The maximum atomic E-state index is 13.9. The fourth-order valence-electron chi connectivity index (χ4n) is 3.79. The van der Waals surface area contributed by atoms with Gasteiger partial charge < -0.3 is 15.4 Å². The topological polar surface area (TPSA) is 61.8 Å². The van der Waals surface area contributed by atoms with Crippen molar-refractivity contribution < 1.29 is 9.13 Å². The highest BCUT2D eigenvalue weighted by atomic mass is 19.1. The monoisotopic (exact) mass is 413 g/mol. The molecule has 1 fully saturated rings. The highest BCUT2D eigenvalue weighted by Gasteiger charge is 2.20. The summed E-state index contributed by atoms with van der Waals surface area (Å²) in [6.45, 7) is 5.61. The summed E-state index contributed by atoms with van der Waals surface area (Å²) in [6.07, 6.45) is 6.73. The Kier molecular flexibility index (Phi) is 8.02. The normalized spacial score (nSPS) is 15.8. The van der Waals surface area contributed by atoms with Gasteiger partial charge in [-0.3, -0.25) is 14.9 Å². The van der Waals surface area contributed by atoms with Crippen LogP contribution in [-0.2, 0) is 13.0 Å². The summed E-state index contributed by atoms with van der Waals surface area (Å²) in [5.74, 6) is 0.834. The second-order valence-electron chi connectivity index (χ2n) is 7.71. The van der Waals surface area contributed by atoms with Gasteiger partial charge in [-0.05, 0) is 61.1 Å². The van der Waals surface area contributed by atoms with Crippen molar-refractivity contribution in [3.05, 3.63) is 59.2 Å². The lowest BCUT2D eigenvalue weighted by atomic mass is 10.0. The van der Waals surface area contributed by atoms with Crippen molar-refractivity contribution in [1.29, 1.82) is 0 Å². The van der Waals surface area contributed by atoms with Crippen molar-refractivity contribution >= 4 is 5.96 Å². The van der Waals surface area contributed by atoms with Crippen LogP contribution >= 0.6 is 0 Å². The molecule has 0 bridgehead atoms. The number of nitrogens with zero attached hydrogens (tertiary/aromatic N) is 3. The number of likely N-dealkylation sites (tertiary alicyclic amines) is 1. The molecular formula is C23H32FN5O. The van der Waals surface area contributed by atoms with Crippen molar-refractivity contribution in [1.82, 2.24) is 20.5 Å². The van der Waals surface area contributed by atoms with Crippen molar-refractivity contribution in [2.45, 2.75) is 38.8 Å². The summed E-state index contributed by atoms with van der Waals surface area (Å²) in [4.78, 5) is 10.9. The smallest absolute Gasteiger partial charge is 0.191 e. The van der Waals surface area contributed by atoms with E-state index in [9.17, 15) is 4.39 Å². The number of methoxy groups -OCH3 is 1. The molecule has 0 atom stereocenters. The van der Waals surface area contributed by atoms with Gasteiger partial charge in [0, 0.05) is 51.7 Å². The van der Waals surface area contributed by atoms with Gasteiger partial charge in [-0.1, -0.05) is 6.07 Å². The summed E-state index contributed by atoms with van der Waals surface area (Å²) >= 11 is 0. The maximum Gasteiger partial charge on any atom is 0.191 e. The zero-order valence-electron chi connectivity index (χ0n) is 18.1. The number of piperidine rings is 1. The number of hydrogen-bond acceptors (Lipinski definition) is 4. The van der Waals surface area contributed by atoms with Crippen LogP contribution in [0, 0.1) is 12.7 Å². The van der Waals surface area contributed by atoms with Crippen LogP contribution in [0.15, 0.2) is 41.7 Å². The van der Waals surface area contributed by atoms with Crippen LogP contribution in [0.25, 0.3) is 0 Å². The Morgan fingerprint density at radius 1 is 1.30 bits per heavy atom. The van der Waals surface area contributed by atoms with Crippen LogP contribution in [-0.4, -0.2) is 55.7 Å². The summed E-state index contributed by atoms with van der Waals surface area (Å²) < 4.78 is 18.9. The zero-order chi connectivity index (χ0) is 21.3.